The molecule has 0 amide bonds. The number of ether oxygens (including phenoxy) is 1. The van der Waals surface area contributed by atoms with E-state index in [0.29, 0.717) is 6.04 Å². The van der Waals surface area contributed by atoms with Gasteiger partial charge < -0.3 is 10.1 Å². The molecule has 1 saturated heterocycles. The molecule has 0 radical (unpaired) electrons. The fourth-order valence-corrected chi connectivity index (χ4v) is 3.31. The molecule has 1 aliphatic rings. The summed E-state index contributed by atoms with van der Waals surface area (Å²) >= 11 is 0. The molecule has 2 rings (SSSR count). The standard InChI is InChI=1S/C16H30N4O/c1-6-20-14(11-13(2)18-20)12-15(17-5)16(3,4)19-7-9-21-10-8-19/h11,15,17H,6-10,12H2,1-5H3. The van der Waals surface area contributed by atoms with Crippen molar-refractivity contribution in [2.24, 2.45) is 0 Å². The Morgan fingerprint density at radius 3 is 2.62 bits per heavy atom. The van der Waals surface area contributed by atoms with Gasteiger partial charge in [-0.2, -0.15) is 5.10 Å². The fourth-order valence-electron chi connectivity index (χ4n) is 3.31. The summed E-state index contributed by atoms with van der Waals surface area (Å²) in [5, 5.41) is 8.09. The molecule has 0 aromatic carbocycles. The molecule has 120 valence electrons. The van der Waals surface area contributed by atoms with Crippen LogP contribution in [0.3, 0.4) is 0 Å². The first-order valence-electron chi connectivity index (χ1n) is 8.02. The van der Waals surface area contributed by atoms with Gasteiger partial charge in [0.2, 0.25) is 0 Å². The number of rotatable bonds is 6. The van der Waals surface area contributed by atoms with Crippen LogP contribution in [-0.2, 0) is 17.7 Å². The summed E-state index contributed by atoms with van der Waals surface area (Å²) in [6.07, 6.45) is 0.996. The lowest BCUT2D eigenvalue weighted by atomic mass is 9.88. The fraction of sp³-hybridized carbons (Fsp3) is 0.812. The summed E-state index contributed by atoms with van der Waals surface area (Å²) in [5.41, 5.74) is 2.51. The molecule has 21 heavy (non-hydrogen) atoms. The quantitative estimate of drug-likeness (QED) is 0.862. The minimum Gasteiger partial charge on any atom is -0.379 e. The van der Waals surface area contributed by atoms with Gasteiger partial charge in [0.05, 0.1) is 18.9 Å². The SMILES string of the molecule is CCn1nc(C)cc1CC(NC)C(C)(C)N1CCOCC1. The topological polar surface area (TPSA) is 42.3 Å². The number of aromatic nitrogens is 2. The number of hydrogen-bond donors (Lipinski definition) is 1. The molecular formula is C16H30N4O. The molecule has 1 atom stereocenters. The number of morpholine rings is 1. The molecule has 1 N–H and O–H groups in total. The summed E-state index contributed by atoms with van der Waals surface area (Å²) in [6, 6.07) is 2.60. The molecule has 1 aromatic heterocycles. The number of hydrogen-bond acceptors (Lipinski definition) is 4. The van der Waals surface area contributed by atoms with Gasteiger partial charge in [-0.1, -0.05) is 0 Å². The third-order valence-corrected chi connectivity index (χ3v) is 4.73. The van der Waals surface area contributed by atoms with E-state index in [2.05, 4.69) is 60.8 Å². The highest BCUT2D eigenvalue weighted by molar-refractivity contribution is 5.12. The molecule has 1 fully saturated rings. The van der Waals surface area contributed by atoms with Gasteiger partial charge in [-0.05, 0) is 40.8 Å². The second kappa shape index (κ2) is 6.90. The zero-order chi connectivity index (χ0) is 15.5. The van der Waals surface area contributed by atoms with Gasteiger partial charge in [0.1, 0.15) is 0 Å². The van der Waals surface area contributed by atoms with Crippen LogP contribution in [0.5, 0.6) is 0 Å². The Labute approximate surface area is 128 Å². The molecule has 1 unspecified atom stereocenters. The van der Waals surface area contributed by atoms with Crippen molar-refractivity contribution >= 4 is 0 Å². The van der Waals surface area contributed by atoms with E-state index >= 15 is 0 Å². The summed E-state index contributed by atoms with van der Waals surface area (Å²) in [4.78, 5) is 2.54. The van der Waals surface area contributed by atoms with Crippen LogP contribution >= 0.6 is 0 Å². The lowest BCUT2D eigenvalue weighted by Crippen LogP contribution is -2.60. The lowest BCUT2D eigenvalue weighted by molar-refractivity contribution is -0.0225. The molecule has 1 aromatic rings. The number of likely N-dealkylation sites (N-methyl/N-ethyl adjacent to an activating group) is 1. The van der Waals surface area contributed by atoms with Crippen LogP contribution in [0, 0.1) is 6.92 Å². The minimum absolute atomic E-state index is 0.0925. The highest BCUT2D eigenvalue weighted by Gasteiger charge is 2.35. The highest BCUT2D eigenvalue weighted by atomic mass is 16.5. The summed E-state index contributed by atoms with van der Waals surface area (Å²) in [5.74, 6) is 0. The first-order chi connectivity index (χ1) is 9.98. The number of nitrogens with zero attached hydrogens (tertiary/aromatic N) is 3. The molecule has 0 spiro atoms. The van der Waals surface area contributed by atoms with Crippen molar-refractivity contribution in [2.45, 2.75) is 52.2 Å². The van der Waals surface area contributed by atoms with Crippen LogP contribution in [0.1, 0.15) is 32.2 Å². The van der Waals surface area contributed by atoms with Crippen molar-refractivity contribution < 1.29 is 4.74 Å². The Balaban J connectivity index is 2.13. The van der Waals surface area contributed by atoms with E-state index in [9.17, 15) is 0 Å². The van der Waals surface area contributed by atoms with E-state index in [4.69, 9.17) is 4.74 Å². The Kier molecular flexibility index (Phi) is 5.41. The maximum absolute atomic E-state index is 5.49. The molecule has 2 heterocycles. The normalized spacial score (nSPS) is 18.9. The summed E-state index contributed by atoms with van der Waals surface area (Å²) < 4.78 is 7.61. The zero-order valence-electron chi connectivity index (χ0n) is 14.1. The average Bonchev–Trinajstić information content (AvgIpc) is 2.85. The maximum Gasteiger partial charge on any atom is 0.0596 e. The zero-order valence-corrected chi connectivity index (χ0v) is 14.1. The van der Waals surface area contributed by atoms with Crippen molar-refractivity contribution in [1.29, 1.82) is 0 Å². The van der Waals surface area contributed by atoms with Crippen LogP contribution < -0.4 is 5.32 Å². The van der Waals surface area contributed by atoms with Crippen molar-refractivity contribution in [3.63, 3.8) is 0 Å². The van der Waals surface area contributed by atoms with Gasteiger partial charge in [-0.25, -0.2) is 0 Å². The van der Waals surface area contributed by atoms with Crippen molar-refractivity contribution in [3.8, 4) is 0 Å². The van der Waals surface area contributed by atoms with E-state index in [1.54, 1.807) is 0 Å². The molecular weight excluding hydrogens is 264 g/mol. The first kappa shape index (κ1) is 16.5. The summed E-state index contributed by atoms with van der Waals surface area (Å²) in [7, 11) is 2.06. The predicted octanol–water partition coefficient (Wildman–Crippen LogP) is 1.45. The first-order valence-corrected chi connectivity index (χ1v) is 8.02. The van der Waals surface area contributed by atoms with Gasteiger partial charge in [-0.3, -0.25) is 9.58 Å². The number of nitrogens with one attached hydrogen (secondary N) is 1. The van der Waals surface area contributed by atoms with Gasteiger partial charge in [0.25, 0.3) is 0 Å². The molecule has 5 nitrogen and oxygen atoms in total. The van der Waals surface area contributed by atoms with Crippen LogP contribution in [-0.4, -0.2) is 59.6 Å². The van der Waals surface area contributed by atoms with Gasteiger partial charge in [-0.15, -0.1) is 0 Å². The smallest absolute Gasteiger partial charge is 0.0596 e. The van der Waals surface area contributed by atoms with Crippen LogP contribution in [0.25, 0.3) is 0 Å². The van der Waals surface area contributed by atoms with Gasteiger partial charge in [0.15, 0.2) is 0 Å². The second-order valence-corrected chi connectivity index (χ2v) is 6.39. The third kappa shape index (κ3) is 3.65. The van der Waals surface area contributed by atoms with E-state index in [1.807, 2.05) is 0 Å². The molecule has 0 saturated carbocycles. The third-order valence-electron chi connectivity index (χ3n) is 4.73. The molecule has 5 heteroatoms. The second-order valence-electron chi connectivity index (χ2n) is 6.39. The van der Waals surface area contributed by atoms with E-state index in [1.165, 1.54) is 5.69 Å². The minimum atomic E-state index is 0.0925. The highest BCUT2D eigenvalue weighted by Crippen LogP contribution is 2.23. The van der Waals surface area contributed by atoms with Crippen LogP contribution in [0.2, 0.25) is 0 Å². The van der Waals surface area contributed by atoms with Gasteiger partial charge >= 0.3 is 0 Å². The van der Waals surface area contributed by atoms with Gasteiger partial charge in [0, 0.05) is 43.3 Å². The number of aryl methyl sites for hydroxylation is 2. The molecule has 1 aliphatic heterocycles. The van der Waals surface area contributed by atoms with E-state index < -0.39 is 0 Å². The largest absolute Gasteiger partial charge is 0.379 e. The Hall–Kier alpha value is -0.910. The monoisotopic (exact) mass is 294 g/mol. The Morgan fingerprint density at radius 1 is 1.38 bits per heavy atom. The average molecular weight is 294 g/mol. The maximum atomic E-state index is 5.49. The predicted molar refractivity (Wildman–Crippen MR) is 85.7 cm³/mol. The van der Waals surface area contributed by atoms with E-state index in [0.717, 1.165) is 45.0 Å². The van der Waals surface area contributed by atoms with Crippen LogP contribution in [0.4, 0.5) is 0 Å². The lowest BCUT2D eigenvalue weighted by Gasteiger charge is -2.45. The van der Waals surface area contributed by atoms with Crippen molar-refractivity contribution in [2.75, 3.05) is 33.4 Å². The summed E-state index contributed by atoms with van der Waals surface area (Å²) in [6.45, 7) is 13.5. The molecule has 0 aliphatic carbocycles. The van der Waals surface area contributed by atoms with Crippen molar-refractivity contribution in [1.82, 2.24) is 20.0 Å². The Bertz CT molecular complexity index is 449. The van der Waals surface area contributed by atoms with Crippen molar-refractivity contribution in [3.05, 3.63) is 17.5 Å². The van der Waals surface area contributed by atoms with Crippen LogP contribution in [0.15, 0.2) is 6.07 Å². The molecule has 0 bridgehead atoms. The Morgan fingerprint density at radius 2 is 2.05 bits per heavy atom. The van der Waals surface area contributed by atoms with E-state index in [-0.39, 0.29) is 5.54 Å².